The van der Waals surface area contributed by atoms with Crippen molar-refractivity contribution in [1.29, 1.82) is 0 Å². The molecule has 0 atom stereocenters. The van der Waals surface area contributed by atoms with E-state index in [1.165, 1.54) is 0 Å². The van der Waals surface area contributed by atoms with Crippen LogP contribution in [0.15, 0.2) is 30.5 Å². The Morgan fingerprint density at radius 2 is 2.00 bits per heavy atom. The fraction of sp³-hybridized carbons (Fsp3) is 0.400. The van der Waals surface area contributed by atoms with E-state index >= 15 is 0 Å². The lowest BCUT2D eigenvalue weighted by Crippen LogP contribution is -2.27. The van der Waals surface area contributed by atoms with Crippen LogP contribution >= 0.6 is 11.6 Å². The minimum atomic E-state index is 0.662. The number of aromatic nitrogens is 1. The minimum Gasteiger partial charge on any atom is -0.490 e. The van der Waals surface area contributed by atoms with Crippen LogP contribution in [-0.4, -0.2) is 36.1 Å². The molecule has 102 valence electrons. The maximum absolute atomic E-state index is 6.15. The first-order valence-electron chi connectivity index (χ1n) is 6.64. The number of likely N-dealkylation sites (N-methyl/N-ethyl adjacent to an activating group) is 1. The summed E-state index contributed by atoms with van der Waals surface area (Å²) in [6, 6.07) is 7.59. The lowest BCUT2D eigenvalue weighted by molar-refractivity contribution is 0.224. The summed E-state index contributed by atoms with van der Waals surface area (Å²) in [4.78, 5) is 6.68. The number of hydrogen-bond acceptors (Lipinski definition) is 3. The van der Waals surface area contributed by atoms with Gasteiger partial charge in [0.15, 0.2) is 0 Å². The highest BCUT2D eigenvalue weighted by molar-refractivity contribution is 6.35. The van der Waals surface area contributed by atoms with Crippen molar-refractivity contribution in [3.05, 3.63) is 35.5 Å². The molecule has 0 radical (unpaired) electrons. The summed E-state index contributed by atoms with van der Waals surface area (Å²) in [5, 5.41) is 1.64. The SMILES string of the molecule is CCN(CC)CCOc1ccc(Cl)c2cccnc12. The molecule has 0 saturated heterocycles. The third kappa shape index (κ3) is 3.37. The van der Waals surface area contributed by atoms with E-state index < -0.39 is 0 Å². The van der Waals surface area contributed by atoms with Crippen molar-refractivity contribution in [3.8, 4) is 5.75 Å². The van der Waals surface area contributed by atoms with E-state index in [0.29, 0.717) is 11.6 Å². The van der Waals surface area contributed by atoms with Gasteiger partial charge >= 0.3 is 0 Å². The molecule has 1 aromatic carbocycles. The Morgan fingerprint density at radius 1 is 1.21 bits per heavy atom. The lowest BCUT2D eigenvalue weighted by atomic mass is 10.2. The molecule has 0 bridgehead atoms. The van der Waals surface area contributed by atoms with Crippen LogP contribution in [0.2, 0.25) is 5.02 Å². The van der Waals surface area contributed by atoms with Crippen molar-refractivity contribution in [3.63, 3.8) is 0 Å². The number of hydrogen-bond donors (Lipinski definition) is 0. The van der Waals surface area contributed by atoms with E-state index in [4.69, 9.17) is 16.3 Å². The van der Waals surface area contributed by atoms with E-state index in [1.807, 2.05) is 24.3 Å². The average Bonchev–Trinajstić information content (AvgIpc) is 2.46. The van der Waals surface area contributed by atoms with Gasteiger partial charge in [0.25, 0.3) is 0 Å². The number of benzene rings is 1. The topological polar surface area (TPSA) is 25.4 Å². The monoisotopic (exact) mass is 278 g/mol. The summed E-state index contributed by atoms with van der Waals surface area (Å²) < 4.78 is 5.85. The van der Waals surface area contributed by atoms with Crippen molar-refractivity contribution in [2.75, 3.05) is 26.2 Å². The van der Waals surface area contributed by atoms with Crippen LogP contribution in [-0.2, 0) is 0 Å². The first kappa shape index (κ1) is 14.1. The molecule has 0 unspecified atom stereocenters. The zero-order valence-electron chi connectivity index (χ0n) is 11.4. The summed E-state index contributed by atoms with van der Waals surface area (Å²) in [7, 11) is 0. The number of nitrogens with zero attached hydrogens (tertiary/aromatic N) is 2. The highest BCUT2D eigenvalue weighted by Gasteiger charge is 2.07. The van der Waals surface area contributed by atoms with E-state index in [1.54, 1.807) is 6.20 Å². The molecule has 0 aliphatic carbocycles. The van der Waals surface area contributed by atoms with Gasteiger partial charge in [0.1, 0.15) is 17.9 Å². The van der Waals surface area contributed by atoms with Gasteiger partial charge in [-0.05, 0) is 37.4 Å². The standard InChI is InChI=1S/C15H19ClN2O/c1-3-18(4-2)10-11-19-14-8-7-13(16)12-6-5-9-17-15(12)14/h5-9H,3-4,10-11H2,1-2H3. The van der Waals surface area contributed by atoms with Crippen molar-refractivity contribution in [2.45, 2.75) is 13.8 Å². The maximum atomic E-state index is 6.15. The summed E-state index contributed by atoms with van der Waals surface area (Å²) in [6.45, 7) is 7.98. The van der Waals surface area contributed by atoms with Crippen LogP contribution in [0.3, 0.4) is 0 Å². The van der Waals surface area contributed by atoms with E-state index in [-0.39, 0.29) is 0 Å². The second-order valence-electron chi connectivity index (χ2n) is 4.32. The fourth-order valence-corrected chi connectivity index (χ4v) is 2.27. The Bertz CT molecular complexity index is 541. The van der Waals surface area contributed by atoms with Crippen LogP contribution in [0.25, 0.3) is 10.9 Å². The Labute approximate surface area is 119 Å². The number of pyridine rings is 1. The molecule has 3 nitrogen and oxygen atoms in total. The molecule has 4 heteroatoms. The van der Waals surface area contributed by atoms with Gasteiger partial charge < -0.3 is 9.64 Å². The van der Waals surface area contributed by atoms with Crippen molar-refractivity contribution < 1.29 is 4.74 Å². The van der Waals surface area contributed by atoms with Crippen LogP contribution in [0, 0.1) is 0 Å². The molecule has 0 amide bonds. The number of ether oxygens (including phenoxy) is 1. The Hall–Kier alpha value is -1.32. The summed E-state index contributed by atoms with van der Waals surface area (Å²) in [6.07, 6.45) is 1.76. The summed E-state index contributed by atoms with van der Waals surface area (Å²) in [5.41, 5.74) is 0.828. The highest BCUT2D eigenvalue weighted by Crippen LogP contribution is 2.29. The number of rotatable bonds is 6. The number of halogens is 1. The molecule has 19 heavy (non-hydrogen) atoms. The third-order valence-electron chi connectivity index (χ3n) is 3.24. The highest BCUT2D eigenvalue weighted by atomic mass is 35.5. The molecule has 0 aliphatic heterocycles. The van der Waals surface area contributed by atoms with Crippen molar-refractivity contribution >= 4 is 22.5 Å². The molecule has 0 saturated carbocycles. The summed E-state index contributed by atoms with van der Waals surface area (Å²) in [5.74, 6) is 0.798. The predicted molar refractivity (Wildman–Crippen MR) is 80.0 cm³/mol. The van der Waals surface area contributed by atoms with Gasteiger partial charge in [-0.1, -0.05) is 25.4 Å². The Balaban J connectivity index is 2.11. The molecule has 0 N–H and O–H groups in total. The average molecular weight is 279 g/mol. The van der Waals surface area contributed by atoms with Gasteiger partial charge in [-0.3, -0.25) is 4.98 Å². The van der Waals surface area contributed by atoms with E-state index in [0.717, 1.165) is 36.3 Å². The van der Waals surface area contributed by atoms with Crippen molar-refractivity contribution in [1.82, 2.24) is 9.88 Å². The first-order chi connectivity index (χ1) is 9.26. The van der Waals surface area contributed by atoms with Gasteiger partial charge in [0.05, 0.1) is 5.02 Å². The van der Waals surface area contributed by atoms with Crippen LogP contribution in [0.1, 0.15) is 13.8 Å². The Morgan fingerprint density at radius 3 is 2.74 bits per heavy atom. The fourth-order valence-electron chi connectivity index (χ4n) is 2.05. The normalized spacial score (nSPS) is 11.2. The molecule has 1 aromatic heterocycles. The molecule has 0 spiro atoms. The van der Waals surface area contributed by atoms with Gasteiger partial charge in [-0.15, -0.1) is 0 Å². The largest absolute Gasteiger partial charge is 0.490 e. The van der Waals surface area contributed by atoms with E-state index in [2.05, 4.69) is 23.7 Å². The van der Waals surface area contributed by atoms with E-state index in [9.17, 15) is 0 Å². The number of fused-ring (bicyclic) bond motifs is 1. The molecule has 1 heterocycles. The third-order valence-corrected chi connectivity index (χ3v) is 3.57. The quantitative estimate of drug-likeness (QED) is 0.807. The zero-order chi connectivity index (χ0) is 13.7. The second kappa shape index (κ2) is 6.73. The summed E-state index contributed by atoms with van der Waals surface area (Å²) >= 11 is 6.15. The molecular formula is C15H19ClN2O. The molecule has 0 aliphatic rings. The zero-order valence-corrected chi connectivity index (χ0v) is 12.2. The van der Waals surface area contributed by atoms with Gasteiger partial charge in [-0.25, -0.2) is 0 Å². The smallest absolute Gasteiger partial charge is 0.145 e. The Kier molecular flexibility index (Phi) is 5.00. The molecule has 0 fully saturated rings. The van der Waals surface area contributed by atoms with Gasteiger partial charge in [0, 0.05) is 18.1 Å². The lowest BCUT2D eigenvalue weighted by Gasteiger charge is -2.18. The first-order valence-corrected chi connectivity index (χ1v) is 7.02. The van der Waals surface area contributed by atoms with Crippen LogP contribution < -0.4 is 4.74 Å². The molecule has 2 rings (SSSR count). The van der Waals surface area contributed by atoms with Crippen LogP contribution in [0.5, 0.6) is 5.75 Å². The second-order valence-corrected chi connectivity index (χ2v) is 4.73. The van der Waals surface area contributed by atoms with Crippen LogP contribution in [0.4, 0.5) is 0 Å². The van der Waals surface area contributed by atoms with Gasteiger partial charge in [0.2, 0.25) is 0 Å². The van der Waals surface area contributed by atoms with Gasteiger partial charge in [-0.2, -0.15) is 0 Å². The minimum absolute atomic E-state index is 0.662. The predicted octanol–water partition coefficient (Wildman–Crippen LogP) is 3.61. The molecular weight excluding hydrogens is 260 g/mol. The maximum Gasteiger partial charge on any atom is 0.145 e. The van der Waals surface area contributed by atoms with Crippen molar-refractivity contribution in [2.24, 2.45) is 0 Å². The molecule has 2 aromatic rings.